The van der Waals surface area contributed by atoms with Crippen LogP contribution in [0.5, 0.6) is 0 Å². The molecule has 1 aliphatic carbocycles. The van der Waals surface area contributed by atoms with Crippen LogP contribution in [0.1, 0.15) is 90.5 Å². The molecule has 2 rings (SSSR count). The average Bonchev–Trinajstić information content (AvgIpc) is 3.09. The molecule has 1 aromatic carbocycles. The molecule has 5 atom stereocenters. The molecular weight excluding hydrogens is 592 g/mol. The summed E-state index contributed by atoms with van der Waals surface area (Å²) in [6.45, 7) is 8.92. The third kappa shape index (κ3) is 14.5. The Morgan fingerprint density at radius 2 is 1.68 bits per heavy atom. The molecule has 9 heteroatoms. The van der Waals surface area contributed by atoms with E-state index in [1.807, 2.05) is 30.3 Å². The molecule has 4 N–H and O–H groups in total. The number of terminal acetylenes is 1. The Hall–Kier alpha value is -3.37. The van der Waals surface area contributed by atoms with Gasteiger partial charge in [0.2, 0.25) is 17.7 Å². The summed E-state index contributed by atoms with van der Waals surface area (Å²) >= 11 is 0. The van der Waals surface area contributed by atoms with E-state index < -0.39 is 42.0 Å². The molecule has 0 spiro atoms. The second-order valence-electron chi connectivity index (χ2n) is 12.8. The lowest BCUT2D eigenvalue weighted by Crippen LogP contribution is -2.56. The molecule has 9 nitrogen and oxygen atoms in total. The summed E-state index contributed by atoms with van der Waals surface area (Å²) in [4.78, 5) is 44.9. The highest BCUT2D eigenvalue weighted by Crippen LogP contribution is 2.29. The summed E-state index contributed by atoms with van der Waals surface area (Å²) in [5.74, 6) is 6.79. The van der Waals surface area contributed by atoms with Crippen LogP contribution < -0.4 is 10.6 Å². The number of aliphatic hydroxyl groups excluding tert-OH is 2. The molecule has 0 heterocycles. The molecule has 0 radical (unpaired) electrons. The Morgan fingerprint density at radius 1 is 1.00 bits per heavy atom. The van der Waals surface area contributed by atoms with Crippen LogP contribution in [0.2, 0.25) is 0 Å². The lowest BCUT2D eigenvalue weighted by Gasteiger charge is -2.33. The maximum absolute atomic E-state index is 13.9. The van der Waals surface area contributed by atoms with Gasteiger partial charge in [-0.2, -0.15) is 0 Å². The number of hydrogen-bond acceptors (Lipinski definition) is 6. The monoisotopic (exact) mass is 650 g/mol. The highest BCUT2D eigenvalue weighted by atomic mass is 16.3. The summed E-state index contributed by atoms with van der Waals surface area (Å²) in [5, 5.41) is 27.7. The van der Waals surface area contributed by atoms with E-state index in [1.165, 1.54) is 6.42 Å². The zero-order valence-corrected chi connectivity index (χ0v) is 29.0. The molecule has 0 aromatic heterocycles. The van der Waals surface area contributed by atoms with E-state index in [0.29, 0.717) is 31.7 Å². The smallest absolute Gasteiger partial charge is 0.243 e. The van der Waals surface area contributed by atoms with Crippen LogP contribution in [-0.2, 0) is 20.8 Å². The second kappa shape index (κ2) is 22.2. The van der Waals surface area contributed by atoms with Crippen molar-refractivity contribution in [1.29, 1.82) is 0 Å². The molecular formula is C38H58N4O5. The number of benzene rings is 1. The van der Waals surface area contributed by atoms with Crippen molar-refractivity contribution in [2.75, 3.05) is 33.2 Å². The van der Waals surface area contributed by atoms with Gasteiger partial charge >= 0.3 is 0 Å². The summed E-state index contributed by atoms with van der Waals surface area (Å²) in [6.07, 6.45) is 9.87. The molecule has 1 aliphatic rings. The molecule has 260 valence electrons. The van der Waals surface area contributed by atoms with Crippen LogP contribution in [0, 0.1) is 36.0 Å². The van der Waals surface area contributed by atoms with Gasteiger partial charge in [-0.25, -0.2) is 0 Å². The van der Waals surface area contributed by atoms with E-state index in [4.69, 9.17) is 6.42 Å². The number of nitrogens with zero attached hydrogens (tertiary/aromatic N) is 2. The molecule has 47 heavy (non-hydrogen) atoms. The molecule has 3 unspecified atom stereocenters. The lowest BCUT2D eigenvalue weighted by atomic mass is 9.82. The van der Waals surface area contributed by atoms with Crippen molar-refractivity contribution in [2.24, 2.45) is 11.8 Å². The van der Waals surface area contributed by atoms with Crippen molar-refractivity contribution in [3.05, 3.63) is 35.9 Å². The fraction of sp³-hybridized carbons (Fsp3) is 0.658. The van der Waals surface area contributed by atoms with Gasteiger partial charge in [0.25, 0.3) is 0 Å². The predicted molar refractivity (Wildman–Crippen MR) is 187 cm³/mol. The molecule has 1 aromatic rings. The van der Waals surface area contributed by atoms with E-state index in [0.717, 1.165) is 50.9 Å². The first-order chi connectivity index (χ1) is 22.6. The van der Waals surface area contributed by atoms with Gasteiger partial charge in [0.15, 0.2) is 0 Å². The van der Waals surface area contributed by atoms with Crippen LogP contribution in [0.15, 0.2) is 30.3 Å². The molecule has 1 fully saturated rings. The number of nitrogens with one attached hydrogen (secondary N) is 2. The fourth-order valence-electron chi connectivity index (χ4n) is 6.20. The van der Waals surface area contributed by atoms with Crippen molar-refractivity contribution in [1.82, 2.24) is 20.4 Å². The minimum atomic E-state index is -1.21. The van der Waals surface area contributed by atoms with Crippen molar-refractivity contribution in [3.8, 4) is 24.2 Å². The van der Waals surface area contributed by atoms with Gasteiger partial charge in [0.1, 0.15) is 12.1 Å². The molecule has 0 aliphatic heterocycles. The molecule has 1 saturated carbocycles. The standard InChI is InChI=1S/C38H58N4O5/c1-6-10-22-32(38(47)40-33(27-30-20-16-13-17-21-30)36(45)34(43)23-11-7-2)39-37(46)31(26-29-18-14-12-15-19-29)28-35(44)41(5)24-25-42(8-3)9-4/h2,12,14-15,18-19,30-34,36,43,45H,8-9,11,13,16-17,20-28H2,1,3-5H3,(H,39,46)(H,40,47)/t31?,32-,33?,34?,36+/m0/s1. The molecule has 0 saturated heterocycles. The van der Waals surface area contributed by atoms with E-state index in [2.05, 4.69) is 47.1 Å². The van der Waals surface area contributed by atoms with Crippen molar-refractivity contribution in [3.63, 3.8) is 0 Å². The summed E-state index contributed by atoms with van der Waals surface area (Å²) < 4.78 is 0. The molecule has 3 amide bonds. The third-order valence-electron chi connectivity index (χ3n) is 9.34. The Labute approximate surface area is 283 Å². The Kier molecular flexibility index (Phi) is 18.8. The van der Waals surface area contributed by atoms with Crippen LogP contribution in [0.3, 0.4) is 0 Å². The maximum atomic E-state index is 13.9. The zero-order chi connectivity index (χ0) is 34.6. The lowest BCUT2D eigenvalue weighted by molar-refractivity contribution is -0.137. The topological polar surface area (TPSA) is 122 Å². The van der Waals surface area contributed by atoms with Crippen molar-refractivity contribution >= 4 is 17.7 Å². The quantitative estimate of drug-likeness (QED) is 0.160. The maximum Gasteiger partial charge on any atom is 0.243 e. The van der Waals surface area contributed by atoms with E-state index >= 15 is 0 Å². The number of amides is 3. The van der Waals surface area contributed by atoms with Gasteiger partial charge in [-0.3, -0.25) is 14.4 Å². The van der Waals surface area contributed by atoms with Gasteiger partial charge in [-0.05, 0) is 50.8 Å². The minimum absolute atomic E-state index is 0.00629. The van der Waals surface area contributed by atoms with E-state index in [1.54, 1.807) is 18.9 Å². The Balaban J connectivity index is 2.24. The number of likely N-dealkylation sites (N-methyl/N-ethyl adjacent to an activating group) is 2. The predicted octanol–water partition coefficient (Wildman–Crippen LogP) is 3.52. The first-order valence-corrected chi connectivity index (χ1v) is 17.4. The third-order valence-corrected chi connectivity index (χ3v) is 9.34. The van der Waals surface area contributed by atoms with Gasteiger partial charge in [0.05, 0.1) is 18.1 Å². The van der Waals surface area contributed by atoms with Gasteiger partial charge in [-0.15, -0.1) is 24.2 Å². The first kappa shape index (κ1) is 39.8. The summed E-state index contributed by atoms with van der Waals surface area (Å²) in [7, 11) is 1.76. The fourth-order valence-corrected chi connectivity index (χ4v) is 6.20. The first-order valence-electron chi connectivity index (χ1n) is 17.4. The number of rotatable bonds is 20. The highest BCUT2D eigenvalue weighted by molar-refractivity contribution is 5.91. The molecule has 0 bridgehead atoms. The summed E-state index contributed by atoms with van der Waals surface area (Å²) in [6, 6.07) is 7.81. The second-order valence-corrected chi connectivity index (χ2v) is 12.8. The van der Waals surface area contributed by atoms with Crippen molar-refractivity contribution in [2.45, 2.75) is 116 Å². The van der Waals surface area contributed by atoms with E-state index in [9.17, 15) is 24.6 Å². The van der Waals surface area contributed by atoms with Gasteiger partial charge < -0.3 is 30.6 Å². The van der Waals surface area contributed by atoms with Crippen LogP contribution in [-0.4, -0.2) is 95.3 Å². The largest absolute Gasteiger partial charge is 0.390 e. The SMILES string of the molecule is C#CCCC(O)[C@H](O)C(CC1CCCCC1)NC(=O)[C@H](CC#CC)NC(=O)C(CC(=O)N(C)CCN(CC)CC)Cc1ccccc1. The average molecular weight is 651 g/mol. The Morgan fingerprint density at radius 3 is 2.30 bits per heavy atom. The number of aliphatic hydroxyl groups is 2. The number of carbonyl (C=O) groups excluding carboxylic acids is 3. The van der Waals surface area contributed by atoms with Crippen LogP contribution in [0.4, 0.5) is 0 Å². The highest BCUT2D eigenvalue weighted by Gasteiger charge is 2.34. The number of hydrogen-bond donors (Lipinski definition) is 4. The Bertz CT molecular complexity index is 1180. The van der Waals surface area contributed by atoms with E-state index in [-0.39, 0.29) is 25.2 Å². The van der Waals surface area contributed by atoms with Crippen molar-refractivity contribution < 1.29 is 24.6 Å². The zero-order valence-electron chi connectivity index (χ0n) is 29.0. The van der Waals surface area contributed by atoms with Crippen LogP contribution in [0.25, 0.3) is 0 Å². The normalized spacial score (nSPS) is 16.5. The number of carbonyl (C=O) groups is 3. The van der Waals surface area contributed by atoms with Gasteiger partial charge in [0, 0.05) is 39.4 Å². The van der Waals surface area contributed by atoms with Gasteiger partial charge in [-0.1, -0.05) is 76.3 Å². The minimum Gasteiger partial charge on any atom is -0.390 e. The van der Waals surface area contributed by atoms with Crippen LogP contribution >= 0.6 is 0 Å². The summed E-state index contributed by atoms with van der Waals surface area (Å²) in [5.41, 5.74) is 0.914.